The third-order valence-corrected chi connectivity index (χ3v) is 7.45. The summed E-state index contributed by atoms with van der Waals surface area (Å²) < 4.78 is 23.9. The number of aromatic nitrogens is 2. The van der Waals surface area contributed by atoms with Gasteiger partial charge in [-0.15, -0.1) is 0 Å². The Morgan fingerprint density at radius 2 is 2.00 bits per heavy atom. The van der Waals surface area contributed by atoms with E-state index in [1.807, 2.05) is 0 Å². The molecular formula is C15H24N4O3S. The fraction of sp³-hybridized carbons (Fsp3) is 0.733. The minimum atomic E-state index is -3.10. The predicted molar refractivity (Wildman–Crippen MR) is 87.2 cm³/mol. The quantitative estimate of drug-likeness (QED) is 0.819. The summed E-state index contributed by atoms with van der Waals surface area (Å²) in [6.45, 7) is 5.64. The number of hydrogen-bond donors (Lipinski definition) is 2. The molecule has 1 aromatic heterocycles. The fourth-order valence-electron chi connectivity index (χ4n) is 3.36. The van der Waals surface area contributed by atoms with Gasteiger partial charge in [0.2, 0.25) is 0 Å². The number of carbonyl (C=O) groups excluding carboxylic acids is 1. The molecule has 2 N–H and O–H groups in total. The first kappa shape index (κ1) is 16.4. The summed E-state index contributed by atoms with van der Waals surface area (Å²) >= 11 is 0. The molecule has 3 heterocycles. The van der Waals surface area contributed by atoms with E-state index in [0.29, 0.717) is 11.6 Å². The standard InChI is InChI=1S/C15H24N4O3S/c1-10-11(2)23(21,22)8-7-19(10)15(20)13-9-17-14(18-13)12-3-5-16-6-4-12/h9-12,16H,3-8H2,1-2H3,(H,17,18). The lowest BCUT2D eigenvalue weighted by atomic mass is 9.98. The van der Waals surface area contributed by atoms with Crippen molar-refractivity contribution in [3.8, 4) is 0 Å². The molecule has 0 aliphatic carbocycles. The number of nitrogens with one attached hydrogen (secondary N) is 2. The normalized spacial score (nSPS) is 28.7. The maximum Gasteiger partial charge on any atom is 0.272 e. The van der Waals surface area contributed by atoms with Crippen LogP contribution in [0.2, 0.25) is 0 Å². The van der Waals surface area contributed by atoms with Crippen LogP contribution in [0.25, 0.3) is 0 Å². The third-order valence-electron chi connectivity index (χ3n) is 5.17. The highest BCUT2D eigenvalue weighted by Crippen LogP contribution is 2.24. The van der Waals surface area contributed by atoms with Gasteiger partial charge >= 0.3 is 0 Å². The number of hydrogen-bond acceptors (Lipinski definition) is 5. The van der Waals surface area contributed by atoms with Gasteiger partial charge in [0.05, 0.1) is 17.2 Å². The van der Waals surface area contributed by atoms with Crippen molar-refractivity contribution in [2.24, 2.45) is 0 Å². The number of piperidine rings is 1. The Bertz CT molecular complexity index is 679. The minimum Gasteiger partial charge on any atom is -0.338 e. The molecule has 0 aromatic carbocycles. The maximum atomic E-state index is 12.7. The van der Waals surface area contributed by atoms with Crippen LogP contribution in [-0.2, 0) is 9.84 Å². The second-order valence-corrected chi connectivity index (χ2v) is 9.00. The molecule has 2 atom stereocenters. The zero-order chi connectivity index (χ0) is 16.6. The average Bonchev–Trinajstić information content (AvgIpc) is 3.03. The molecule has 0 bridgehead atoms. The fourth-order valence-corrected chi connectivity index (χ4v) is 4.93. The van der Waals surface area contributed by atoms with Crippen LogP contribution in [0.5, 0.6) is 0 Å². The van der Waals surface area contributed by atoms with Gasteiger partial charge in [-0.05, 0) is 39.8 Å². The smallest absolute Gasteiger partial charge is 0.272 e. The van der Waals surface area contributed by atoms with E-state index in [-0.39, 0.29) is 24.2 Å². The lowest BCUT2D eigenvalue weighted by Crippen LogP contribution is -2.54. The molecule has 23 heavy (non-hydrogen) atoms. The topological polar surface area (TPSA) is 95.2 Å². The lowest BCUT2D eigenvalue weighted by Gasteiger charge is -2.37. The first-order chi connectivity index (χ1) is 10.9. The van der Waals surface area contributed by atoms with Gasteiger partial charge in [0.25, 0.3) is 5.91 Å². The molecule has 0 saturated carbocycles. The van der Waals surface area contributed by atoms with Crippen molar-refractivity contribution < 1.29 is 13.2 Å². The summed E-state index contributed by atoms with van der Waals surface area (Å²) in [4.78, 5) is 21.9. The first-order valence-corrected chi connectivity index (χ1v) is 9.90. The number of H-pyrrole nitrogens is 1. The van der Waals surface area contributed by atoms with E-state index >= 15 is 0 Å². The Hall–Kier alpha value is -1.41. The summed E-state index contributed by atoms with van der Waals surface area (Å²) in [7, 11) is -3.10. The molecule has 1 aromatic rings. The maximum absolute atomic E-state index is 12.7. The van der Waals surface area contributed by atoms with Crippen molar-refractivity contribution in [2.75, 3.05) is 25.4 Å². The number of aromatic amines is 1. The van der Waals surface area contributed by atoms with Gasteiger partial charge in [-0.25, -0.2) is 13.4 Å². The zero-order valence-corrected chi connectivity index (χ0v) is 14.4. The SMILES string of the molecule is CC1C(C)S(=O)(=O)CCN1C(=O)c1cnc(C2CCNCC2)[nH]1. The predicted octanol–water partition coefficient (Wildman–Crippen LogP) is 0.524. The van der Waals surface area contributed by atoms with Crippen molar-refractivity contribution >= 4 is 15.7 Å². The number of imidazole rings is 1. The van der Waals surface area contributed by atoms with Crippen LogP contribution in [0.3, 0.4) is 0 Å². The van der Waals surface area contributed by atoms with Gasteiger partial charge in [0.1, 0.15) is 11.5 Å². The summed E-state index contributed by atoms with van der Waals surface area (Å²) in [5, 5.41) is 2.78. The van der Waals surface area contributed by atoms with Gasteiger partial charge < -0.3 is 15.2 Å². The summed E-state index contributed by atoms with van der Waals surface area (Å²) in [5.41, 5.74) is 0.455. The van der Waals surface area contributed by atoms with Gasteiger partial charge in [-0.2, -0.15) is 0 Å². The summed E-state index contributed by atoms with van der Waals surface area (Å²) in [6, 6.07) is -0.327. The van der Waals surface area contributed by atoms with Crippen LogP contribution < -0.4 is 5.32 Å². The van der Waals surface area contributed by atoms with E-state index in [4.69, 9.17) is 0 Å². The zero-order valence-electron chi connectivity index (χ0n) is 13.6. The molecule has 2 unspecified atom stereocenters. The van der Waals surface area contributed by atoms with Crippen LogP contribution >= 0.6 is 0 Å². The lowest BCUT2D eigenvalue weighted by molar-refractivity contribution is 0.0687. The third kappa shape index (κ3) is 3.14. The van der Waals surface area contributed by atoms with E-state index in [2.05, 4.69) is 15.3 Å². The molecule has 0 spiro atoms. The number of amides is 1. The molecule has 2 aliphatic rings. The van der Waals surface area contributed by atoms with Crippen molar-refractivity contribution in [1.29, 1.82) is 0 Å². The molecule has 2 fully saturated rings. The highest BCUT2D eigenvalue weighted by atomic mass is 32.2. The van der Waals surface area contributed by atoms with Gasteiger partial charge in [0.15, 0.2) is 9.84 Å². The molecule has 1 amide bonds. The van der Waals surface area contributed by atoms with E-state index in [0.717, 1.165) is 31.8 Å². The van der Waals surface area contributed by atoms with Crippen LogP contribution in [0.15, 0.2) is 6.20 Å². The van der Waals surface area contributed by atoms with Gasteiger partial charge in [-0.1, -0.05) is 0 Å². The first-order valence-electron chi connectivity index (χ1n) is 8.18. The Kier molecular flexibility index (Phi) is 4.46. The van der Waals surface area contributed by atoms with Crippen LogP contribution in [0, 0.1) is 0 Å². The second kappa shape index (κ2) is 6.24. The van der Waals surface area contributed by atoms with Crippen molar-refractivity contribution in [3.63, 3.8) is 0 Å². The highest BCUT2D eigenvalue weighted by Gasteiger charge is 2.38. The Morgan fingerprint density at radius 1 is 1.30 bits per heavy atom. The average molecular weight is 340 g/mol. The number of carbonyl (C=O) groups is 1. The number of rotatable bonds is 2. The van der Waals surface area contributed by atoms with Crippen LogP contribution in [0.4, 0.5) is 0 Å². The number of sulfone groups is 1. The molecule has 8 heteroatoms. The summed E-state index contributed by atoms with van der Waals surface area (Å²) in [6.07, 6.45) is 3.60. The Balaban J connectivity index is 1.74. The van der Waals surface area contributed by atoms with Crippen LogP contribution in [-0.4, -0.2) is 65.9 Å². The molecule has 0 radical (unpaired) electrons. The minimum absolute atomic E-state index is 0.0273. The molecule has 7 nitrogen and oxygen atoms in total. The highest BCUT2D eigenvalue weighted by molar-refractivity contribution is 7.92. The summed E-state index contributed by atoms with van der Waals surface area (Å²) in [5.74, 6) is 1.09. The second-order valence-electron chi connectivity index (χ2n) is 6.52. The number of nitrogens with zero attached hydrogens (tertiary/aromatic N) is 2. The Labute approximate surface area is 136 Å². The molecule has 128 valence electrons. The molecule has 2 saturated heterocycles. The van der Waals surface area contributed by atoms with Gasteiger partial charge in [-0.3, -0.25) is 4.79 Å². The molecule has 2 aliphatic heterocycles. The van der Waals surface area contributed by atoms with Crippen LogP contribution in [0.1, 0.15) is 48.9 Å². The van der Waals surface area contributed by atoms with E-state index < -0.39 is 15.1 Å². The van der Waals surface area contributed by atoms with E-state index in [1.165, 1.54) is 0 Å². The Morgan fingerprint density at radius 3 is 2.70 bits per heavy atom. The van der Waals surface area contributed by atoms with E-state index in [1.54, 1.807) is 24.9 Å². The monoisotopic (exact) mass is 340 g/mol. The molecule has 3 rings (SSSR count). The van der Waals surface area contributed by atoms with Crippen molar-refractivity contribution in [2.45, 2.75) is 43.9 Å². The van der Waals surface area contributed by atoms with Crippen molar-refractivity contribution in [1.82, 2.24) is 20.2 Å². The van der Waals surface area contributed by atoms with Crippen molar-refractivity contribution in [3.05, 3.63) is 17.7 Å². The van der Waals surface area contributed by atoms with Gasteiger partial charge in [0, 0.05) is 18.5 Å². The van der Waals surface area contributed by atoms with E-state index in [9.17, 15) is 13.2 Å². The largest absolute Gasteiger partial charge is 0.338 e. The molecular weight excluding hydrogens is 316 g/mol.